The molecule has 3 amide bonds. The van der Waals surface area contributed by atoms with Gasteiger partial charge >= 0.3 is 6.03 Å². The molecular formula is C24H36N4O3. The summed E-state index contributed by atoms with van der Waals surface area (Å²) in [5, 5.41) is 2.79. The van der Waals surface area contributed by atoms with Crippen LogP contribution >= 0.6 is 0 Å². The first kappa shape index (κ1) is 21.9. The van der Waals surface area contributed by atoms with Crippen molar-refractivity contribution in [2.24, 2.45) is 0 Å². The molecule has 170 valence electrons. The number of hydrogen-bond donors (Lipinski definition) is 1. The Kier molecular flexibility index (Phi) is 7.67. The summed E-state index contributed by atoms with van der Waals surface area (Å²) in [7, 11) is 0. The molecule has 3 aliphatic heterocycles. The van der Waals surface area contributed by atoms with Gasteiger partial charge in [-0.25, -0.2) is 4.79 Å². The highest BCUT2D eigenvalue weighted by molar-refractivity contribution is 5.84. The number of likely N-dealkylation sites (tertiary alicyclic amines) is 3. The van der Waals surface area contributed by atoms with Crippen LogP contribution in [0.2, 0.25) is 0 Å². The zero-order valence-corrected chi connectivity index (χ0v) is 18.6. The number of carbonyl (C=O) groups excluding carboxylic acids is 2. The topological polar surface area (TPSA) is 65.1 Å². The highest BCUT2D eigenvalue weighted by Crippen LogP contribution is 2.34. The van der Waals surface area contributed by atoms with E-state index < -0.39 is 0 Å². The predicted octanol–water partition coefficient (Wildman–Crippen LogP) is 2.67. The third-order valence-corrected chi connectivity index (χ3v) is 6.85. The first-order valence-corrected chi connectivity index (χ1v) is 12.0. The molecule has 0 bridgehead atoms. The fourth-order valence-electron chi connectivity index (χ4n) is 4.98. The third-order valence-electron chi connectivity index (χ3n) is 6.85. The summed E-state index contributed by atoms with van der Waals surface area (Å²) < 4.78 is 6.17. The molecular weight excluding hydrogens is 392 g/mol. The number of urea groups is 1. The van der Waals surface area contributed by atoms with Crippen molar-refractivity contribution >= 4 is 11.9 Å². The standard InChI is InChI=1S/C24H36N4O3/c29-23(19-25-24(30)28-13-5-6-14-28)27-15-9-20(10-16-27)21-7-1-2-8-22(21)31-18-17-26-11-3-4-12-26/h1-2,7-8,20H,3-6,9-19H2,(H,25,30). The summed E-state index contributed by atoms with van der Waals surface area (Å²) in [6.07, 6.45) is 6.57. The van der Waals surface area contributed by atoms with Crippen molar-refractivity contribution in [2.45, 2.75) is 44.4 Å². The van der Waals surface area contributed by atoms with E-state index in [0.717, 1.165) is 70.8 Å². The van der Waals surface area contributed by atoms with Crippen molar-refractivity contribution in [1.29, 1.82) is 0 Å². The highest BCUT2D eigenvalue weighted by atomic mass is 16.5. The van der Waals surface area contributed by atoms with Gasteiger partial charge in [0.25, 0.3) is 0 Å². The van der Waals surface area contributed by atoms with Crippen LogP contribution in [0.3, 0.4) is 0 Å². The van der Waals surface area contributed by atoms with Crippen molar-refractivity contribution in [3.8, 4) is 5.75 Å². The zero-order valence-electron chi connectivity index (χ0n) is 18.6. The summed E-state index contributed by atoms with van der Waals surface area (Å²) in [6.45, 7) is 7.24. The van der Waals surface area contributed by atoms with Crippen molar-refractivity contribution in [3.05, 3.63) is 29.8 Å². The summed E-state index contributed by atoms with van der Waals surface area (Å²) in [6, 6.07) is 8.25. The molecule has 7 nitrogen and oxygen atoms in total. The number of benzene rings is 1. The molecule has 1 N–H and O–H groups in total. The van der Waals surface area contributed by atoms with Gasteiger partial charge in [0.15, 0.2) is 0 Å². The molecule has 7 heteroatoms. The van der Waals surface area contributed by atoms with Crippen LogP contribution in [0.1, 0.15) is 50.0 Å². The summed E-state index contributed by atoms with van der Waals surface area (Å²) in [5.41, 5.74) is 1.26. The number of nitrogens with zero attached hydrogens (tertiary/aromatic N) is 3. The first-order valence-electron chi connectivity index (χ1n) is 12.0. The molecule has 0 aromatic heterocycles. The Bertz CT molecular complexity index is 736. The van der Waals surface area contributed by atoms with Gasteiger partial charge in [-0.3, -0.25) is 9.69 Å². The van der Waals surface area contributed by atoms with E-state index in [2.05, 4.69) is 28.4 Å². The molecule has 0 unspecified atom stereocenters. The van der Waals surface area contributed by atoms with E-state index in [1.54, 1.807) is 4.90 Å². The second-order valence-electron chi connectivity index (χ2n) is 8.94. The third kappa shape index (κ3) is 5.91. The van der Waals surface area contributed by atoms with Crippen LogP contribution in [0, 0.1) is 0 Å². The predicted molar refractivity (Wildman–Crippen MR) is 120 cm³/mol. The van der Waals surface area contributed by atoms with Crippen LogP contribution in [-0.4, -0.2) is 85.6 Å². The second kappa shape index (κ2) is 10.8. The Balaban J connectivity index is 1.22. The molecule has 0 spiro atoms. The van der Waals surface area contributed by atoms with Gasteiger partial charge in [0.1, 0.15) is 12.4 Å². The highest BCUT2D eigenvalue weighted by Gasteiger charge is 2.26. The van der Waals surface area contributed by atoms with Gasteiger partial charge in [-0.2, -0.15) is 0 Å². The Morgan fingerprint density at radius 1 is 0.903 bits per heavy atom. The number of piperidine rings is 1. The molecule has 3 aliphatic rings. The van der Waals surface area contributed by atoms with Gasteiger partial charge < -0.3 is 19.9 Å². The molecule has 0 radical (unpaired) electrons. The molecule has 3 heterocycles. The fraction of sp³-hybridized carbons (Fsp3) is 0.667. The molecule has 4 rings (SSSR count). The smallest absolute Gasteiger partial charge is 0.317 e. The van der Waals surface area contributed by atoms with E-state index >= 15 is 0 Å². The van der Waals surface area contributed by atoms with Gasteiger partial charge in [0.05, 0.1) is 6.54 Å². The lowest BCUT2D eigenvalue weighted by molar-refractivity contribution is -0.131. The van der Waals surface area contributed by atoms with E-state index in [4.69, 9.17) is 4.74 Å². The van der Waals surface area contributed by atoms with Crippen molar-refractivity contribution < 1.29 is 14.3 Å². The largest absolute Gasteiger partial charge is 0.492 e. The monoisotopic (exact) mass is 428 g/mol. The normalized spacial score (nSPS) is 20.3. The van der Waals surface area contributed by atoms with Crippen LogP contribution in [0.5, 0.6) is 5.75 Å². The number of ether oxygens (including phenoxy) is 1. The van der Waals surface area contributed by atoms with Crippen molar-refractivity contribution in [3.63, 3.8) is 0 Å². The fourth-order valence-corrected chi connectivity index (χ4v) is 4.98. The maximum absolute atomic E-state index is 12.6. The van der Waals surface area contributed by atoms with Gasteiger partial charge in [-0.05, 0) is 69.2 Å². The molecule has 1 aromatic carbocycles. The van der Waals surface area contributed by atoms with Crippen LogP contribution < -0.4 is 10.1 Å². The number of carbonyl (C=O) groups is 2. The lowest BCUT2D eigenvalue weighted by Crippen LogP contribution is -2.46. The lowest BCUT2D eigenvalue weighted by Gasteiger charge is -2.33. The van der Waals surface area contributed by atoms with Gasteiger partial charge in [-0.1, -0.05) is 18.2 Å². The number of nitrogens with one attached hydrogen (secondary N) is 1. The lowest BCUT2D eigenvalue weighted by atomic mass is 9.89. The molecule has 31 heavy (non-hydrogen) atoms. The minimum atomic E-state index is -0.110. The molecule has 0 aliphatic carbocycles. The Morgan fingerprint density at radius 2 is 1.58 bits per heavy atom. The van der Waals surface area contributed by atoms with Crippen LogP contribution in [0.4, 0.5) is 4.79 Å². The molecule has 0 atom stereocenters. The van der Waals surface area contributed by atoms with Crippen molar-refractivity contribution in [2.75, 3.05) is 59.0 Å². The SMILES string of the molecule is O=C(CNC(=O)N1CCCC1)N1CCC(c2ccccc2OCCN2CCCC2)CC1. The van der Waals surface area contributed by atoms with Crippen LogP contribution in [0.25, 0.3) is 0 Å². The minimum absolute atomic E-state index is 0.0149. The summed E-state index contributed by atoms with van der Waals surface area (Å²) in [5.74, 6) is 1.41. The van der Waals surface area contributed by atoms with Crippen LogP contribution in [-0.2, 0) is 4.79 Å². The zero-order chi connectivity index (χ0) is 21.5. The maximum atomic E-state index is 12.6. The minimum Gasteiger partial charge on any atom is -0.492 e. The second-order valence-corrected chi connectivity index (χ2v) is 8.94. The van der Waals surface area contributed by atoms with Crippen LogP contribution in [0.15, 0.2) is 24.3 Å². The van der Waals surface area contributed by atoms with E-state index in [0.29, 0.717) is 5.92 Å². The maximum Gasteiger partial charge on any atom is 0.317 e. The number of hydrogen-bond acceptors (Lipinski definition) is 4. The van der Waals surface area contributed by atoms with E-state index in [1.165, 1.54) is 31.5 Å². The quantitative estimate of drug-likeness (QED) is 0.725. The molecule has 3 fully saturated rings. The molecule has 1 aromatic rings. The average Bonchev–Trinajstić information content (AvgIpc) is 3.52. The average molecular weight is 429 g/mol. The van der Waals surface area contributed by atoms with Crippen molar-refractivity contribution in [1.82, 2.24) is 20.0 Å². The summed E-state index contributed by atoms with van der Waals surface area (Å²) in [4.78, 5) is 30.8. The van der Waals surface area contributed by atoms with E-state index in [9.17, 15) is 9.59 Å². The molecule has 3 saturated heterocycles. The summed E-state index contributed by atoms with van der Waals surface area (Å²) >= 11 is 0. The number of para-hydroxylation sites is 1. The van der Waals surface area contributed by atoms with Gasteiger partial charge in [0.2, 0.25) is 5.91 Å². The number of rotatable bonds is 7. The first-order chi connectivity index (χ1) is 15.2. The Labute approximate surface area is 185 Å². The van der Waals surface area contributed by atoms with Gasteiger partial charge in [-0.15, -0.1) is 0 Å². The Morgan fingerprint density at radius 3 is 2.32 bits per heavy atom. The van der Waals surface area contributed by atoms with E-state index in [1.807, 2.05) is 11.0 Å². The Hall–Kier alpha value is -2.28. The number of amides is 3. The van der Waals surface area contributed by atoms with Gasteiger partial charge in [0, 0.05) is 32.7 Å². The van der Waals surface area contributed by atoms with E-state index in [-0.39, 0.29) is 18.5 Å². The molecule has 0 saturated carbocycles.